The summed E-state index contributed by atoms with van der Waals surface area (Å²) in [6.07, 6.45) is 1.56. The van der Waals surface area contributed by atoms with Gasteiger partial charge in [-0.2, -0.15) is 5.10 Å². The number of carbonyl (C=O) groups is 1. The Hall–Kier alpha value is -2.96. The number of esters is 1. The Bertz CT molecular complexity index is 720. The van der Waals surface area contributed by atoms with Crippen molar-refractivity contribution in [3.8, 4) is 5.75 Å². The summed E-state index contributed by atoms with van der Waals surface area (Å²) in [6, 6.07) is 8.21. The van der Waals surface area contributed by atoms with Crippen molar-refractivity contribution >= 4 is 18.1 Å². The summed E-state index contributed by atoms with van der Waals surface area (Å²) in [7, 11) is 0. The van der Waals surface area contributed by atoms with Gasteiger partial charge in [0.2, 0.25) is 5.95 Å². The number of nitrogens with one attached hydrogen (secondary N) is 2. The Morgan fingerprint density at radius 1 is 1.38 bits per heavy atom. The van der Waals surface area contributed by atoms with E-state index in [1.54, 1.807) is 37.4 Å². The minimum absolute atomic E-state index is 0.245. The first-order valence-electron chi connectivity index (χ1n) is 6.18. The smallest absolute Gasteiger partial charge is 0.308 e. The van der Waals surface area contributed by atoms with Crippen molar-refractivity contribution in [3.63, 3.8) is 0 Å². The van der Waals surface area contributed by atoms with Crippen LogP contribution in [-0.4, -0.2) is 22.2 Å². The van der Waals surface area contributed by atoms with Gasteiger partial charge in [-0.1, -0.05) is 0 Å². The van der Waals surface area contributed by atoms with Crippen molar-refractivity contribution in [1.29, 1.82) is 0 Å². The van der Waals surface area contributed by atoms with Crippen molar-refractivity contribution in [2.24, 2.45) is 5.10 Å². The number of hydrogen-bond acceptors (Lipinski definition) is 6. The van der Waals surface area contributed by atoms with Gasteiger partial charge in [-0.25, -0.2) is 10.4 Å². The van der Waals surface area contributed by atoms with E-state index in [2.05, 4.69) is 20.5 Å². The lowest BCUT2D eigenvalue weighted by Gasteiger charge is -2.01. The first-order chi connectivity index (χ1) is 10.0. The van der Waals surface area contributed by atoms with E-state index in [4.69, 9.17) is 4.74 Å². The molecular formula is C14H14N4O3. The number of hydrogen-bond donors (Lipinski definition) is 2. The van der Waals surface area contributed by atoms with Crippen molar-refractivity contribution in [2.75, 3.05) is 5.43 Å². The number of nitrogens with zero attached hydrogens (tertiary/aromatic N) is 2. The van der Waals surface area contributed by atoms with E-state index in [0.717, 1.165) is 5.56 Å². The number of aryl methyl sites for hydroxylation is 1. The zero-order valence-corrected chi connectivity index (χ0v) is 11.6. The molecule has 21 heavy (non-hydrogen) atoms. The van der Waals surface area contributed by atoms with Crippen molar-refractivity contribution < 1.29 is 9.53 Å². The molecule has 7 nitrogen and oxygen atoms in total. The predicted molar refractivity (Wildman–Crippen MR) is 78.6 cm³/mol. The first kappa shape index (κ1) is 14.4. The van der Waals surface area contributed by atoms with E-state index in [9.17, 15) is 9.59 Å². The van der Waals surface area contributed by atoms with Gasteiger partial charge in [-0.3, -0.25) is 14.6 Å². The van der Waals surface area contributed by atoms with Crippen LogP contribution < -0.4 is 15.7 Å². The number of anilines is 1. The summed E-state index contributed by atoms with van der Waals surface area (Å²) in [5, 5.41) is 3.97. The van der Waals surface area contributed by atoms with Crippen LogP contribution in [-0.2, 0) is 4.79 Å². The molecule has 0 fully saturated rings. The second-order valence-electron chi connectivity index (χ2n) is 4.27. The van der Waals surface area contributed by atoms with Crippen LogP contribution in [0.5, 0.6) is 5.75 Å². The molecule has 0 radical (unpaired) electrons. The summed E-state index contributed by atoms with van der Waals surface area (Å²) in [4.78, 5) is 28.6. The second kappa shape index (κ2) is 6.47. The normalized spacial score (nSPS) is 10.6. The van der Waals surface area contributed by atoms with Crippen molar-refractivity contribution in [3.05, 3.63) is 51.9 Å². The number of aromatic nitrogens is 2. The molecule has 7 heteroatoms. The van der Waals surface area contributed by atoms with Crippen LogP contribution in [0, 0.1) is 6.92 Å². The fourth-order valence-electron chi connectivity index (χ4n) is 1.59. The van der Waals surface area contributed by atoms with Gasteiger partial charge in [0.05, 0.1) is 6.21 Å². The van der Waals surface area contributed by atoms with Gasteiger partial charge in [0.25, 0.3) is 5.56 Å². The Labute approximate surface area is 120 Å². The van der Waals surface area contributed by atoms with Crippen molar-refractivity contribution in [1.82, 2.24) is 9.97 Å². The van der Waals surface area contributed by atoms with Crippen LogP contribution in [0.1, 0.15) is 18.2 Å². The molecular weight excluding hydrogens is 272 g/mol. The molecule has 0 saturated heterocycles. The minimum atomic E-state index is -0.368. The summed E-state index contributed by atoms with van der Waals surface area (Å²) >= 11 is 0. The molecule has 0 aliphatic heterocycles. The number of rotatable bonds is 4. The number of ether oxygens (including phenoxy) is 1. The Morgan fingerprint density at radius 2 is 2.10 bits per heavy atom. The molecule has 2 aromatic rings. The highest BCUT2D eigenvalue weighted by Crippen LogP contribution is 2.11. The molecule has 1 aromatic carbocycles. The number of hydrazone groups is 1. The molecule has 0 unspecified atom stereocenters. The van der Waals surface area contributed by atoms with E-state index in [0.29, 0.717) is 11.4 Å². The molecule has 0 saturated carbocycles. The van der Waals surface area contributed by atoms with E-state index in [1.807, 2.05) is 0 Å². The average molecular weight is 286 g/mol. The molecule has 1 heterocycles. The quantitative estimate of drug-likeness (QED) is 0.384. The molecule has 1 aromatic heterocycles. The predicted octanol–water partition coefficient (Wildman–Crippen LogP) is 1.45. The van der Waals surface area contributed by atoms with Crippen LogP contribution >= 0.6 is 0 Å². The number of benzene rings is 1. The molecule has 0 atom stereocenters. The molecule has 2 N–H and O–H groups in total. The van der Waals surface area contributed by atoms with E-state index in [-0.39, 0.29) is 17.5 Å². The number of aromatic amines is 1. The summed E-state index contributed by atoms with van der Waals surface area (Å²) in [5.74, 6) is 0.373. The van der Waals surface area contributed by atoms with Crippen LogP contribution in [0.2, 0.25) is 0 Å². The summed E-state index contributed by atoms with van der Waals surface area (Å²) in [5.41, 5.74) is 3.79. The third-order valence-electron chi connectivity index (χ3n) is 2.40. The maximum absolute atomic E-state index is 11.2. The van der Waals surface area contributed by atoms with Gasteiger partial charge in [-0.15, -0.1) is 0 Å². The van der Waals surface area contributed by atoms with Crippen LogP contribution in [0.25, 0.3) is 0 Å². The van der Waals surface area contributed by atoms with Gasteiger partial charge >= 0.3 is 5.97 Å². The molecule has 0 aliphatic rings. The van der Waals surface area contributed by atoms with Crippen molar-refractivity contribution in [2.45, 2.75) is 13.8 Å². The van der Waals surface area contributed by atoms with Gasteiger partial charge in [-0.05, 0) is 36.8 Å². The van der Waals surface area contributed by atoms with Crippen LogP contribution in [0.3, 0.4) is 0 Å². The Balaban J connectivity index is 2.00. The highest BCUT2D eigenvalue weighted by molar-refractivity contribution is 5.80. The molecule has 0 amide bonds. The highest BCUT2D eigenvalue weighted by Gasteiger charge is 1.98. The van der Waals surface area contributed by atoms with E-state index >= 15 is 0 Å². The second-order valence-corrected chi connectivity index (χ2v) is 4.27. The molecule has 2 rings (SSSR count). The summed E-state index contributed by atoms with van der Waals surface area (Å²) in [6.45, 7) is 3.06. The third-order valence-corrected chi connectivity index (χ3v) is 2.40. The largest absolute Gasteiger partial charge is 0.427 e. The van der Waals surface area contributed by atoms with Gasteiger partial charge in [0.15, 0.2) is 0 Å². The van der Waals surface area contributed by atoms with Gasteiger partial charge < -0.3 is 4.74 Å². The van der Waals surface area contributed by atoms with Gasteiger partial charge in [0, 0.05) is 18.7 Å². The zero-order valence-electron chi connectivity index (χ0n) is 11.6. The average Bonchev–Trinajstić information content (AvgIpc) is 2.39. The monoisotopic (exact) mass is 286 g/mol. The maximum atomic E-state index is 11.2. The van der Waals surface area contributed by atoms with E-state index < -0.39 is 0 Å². The molecule has 0 spiro atoms. The Morgan fingerprint density at radius 3 is 2.71 bits per heavy atom. The maximum Gasteiger partial charge on any atom is 0.308 e. The topological polar surface area (TPSA) is 96.4 Å². The molecule has 0 bridgehead atoms. The minimum Gasteiger partial charge on any atom is -0.427 e. The van der Waals surface area contributed by atoms with E-state index in [1.165, 1.54) is 13.0 Å². The fourth-order valence-corrected chi connectivity index (χ4v) is 1.59. The number of carbonyl (C=O) groups excluding carboxylic acids is 1. The lowest BCUT2D eigenvalue weighted by Crippen LogP contribution is -2.10. The SMILES string of the molecule is CC(=O)Oc1ccc(/C=N\Nc2nc(C)cc(=O)[nH]2)cc1. The lowest BCUT2D eigenvalue weighted by atomic mass is 10.2. The van der Waals surface area contributed by atoms with Gasteiger partial charge in [0.1, 0.15) is 5.75 Å². The molecule has 108 valence electrons. The lowest BCUT2D eigenvalue weighted by molar-refractivity contribution is -0.131. The first-order valence-corrected chi connectivity index (χ1v) is 6.18. The molecule has 0 aliphatic carbocycles. The fraction of sp³-hybridized carbons (Fsp3) is 0.143. The Kier molecular flexibility index (Phi) is 4.45. The standard InChI is InChI=1S/C14H14N4O3/c1-9-7-13(20)17-14(16-9)18-15-8-11-3-5-12(6-4-11)21-10(2)19/h3-8H,1-2H3,(H2,16,17,18,20)/b15-8-. The van der Waals surface area contributed by atoms with Crippen LogP contribution in [0.15, 0.2) is 40.2 Å². The zero-order chi connectivity index (χ0) is 15.2. The summed E-state index contributed by atoms with van der Waals surface area (Å²) < 4.78 is 4.92. The highest BCUT2D eigenvalue weighted by atomic mass is 16.5. The van der Waals surface area contributed by atoms with Crippen LogP contribution in [0.4, 0.5) is 5.95 Å². The third kappa shape index (κ3) is 4.57. The number of H-pyrrole nitrogens is 1.